The van der Waals surface area contributed by atoms with Crippen LogP contribution in [0.25, 0.3) is 5.69 Å². The molecule has 0 aliphatic carbocycles. The van der Waals surface area contributed by atoms with Gasteiger partial charge in [-0.15, -0.1) is 0 Å². The Bertz CT molecular complexity index is 1580. The first-order valence-corrected chi connectivity index (χ1v) is 13.9. The van der Waals surface area contributed by atoms with Crippen LogP contribution in [0, 0.1) is 26.6 Å². The van der Waals surface area contributed by atoms with E-state index < -0.39 is 28.3 Å². The van der Waals surface area contributed by atoms with E-state index >= 15 is 0 Å². The van der Waals surface area contributed by atoms with E-state index in [2.05, 4.69) is 31.0 Å². The maximum absolute atomic E-state index is 13.5. The fourth-order valence-corrected chi connectivity index (χ4v) is 5.69. The van der Waals surface area contributed by atoms with Crippen molar-refractivity contribution in [3.63, 3.8) is 0 Å². The summed E-state index contributed by atoms with van der Waals surface area (Å²) in [5.41, 5.74) is 7.17. The van der Waals surface area contributed by atoms with Crippen LogP contribution in [0.4, 0.5) is 10.1 Å². The highest BCUT2D eigenvalue weighted by Gasteiger charge is 2.27. The van der Waals surface area contributed by atoms with Gasteiger partial charge in [-0.1, -0.05) is 33.6 Å². The lowest BCUT2D eigenvalue weighted by molar-refractivity contribution is -0.119. The van der Waals surface area contributed by atoms with Gasteiger partial charge in [0.1, 0.15) is 12.4 Å². The first kappa shape index (κ1) is 27.3. The number of carbonyl (C=O) groups excluding carboxylic acids is 1. The van der Waals surface area contributed by atoms with Gasteiger partial charge in [-0.3, -0.25) is 9.10 Å². The molecule has 1 N–H and O–H groups in total. The maximum atomic E-state index is 13.5. The molecule has 1 amide bonds. The Hall–Kier alpha value is -3.76. The van der Waals surface area contributed by atoms with Crippen LogP contribution in [0.15, 0.2) is 93.3 Å². The zero-order chi connectivity index (χ0) is 27.4. The number of amides is 1. The van der Waals surface area contributed by atoms with Crippen molar-refractivity contribution in [2.75, 3.05) is 10.8 Å². The molecule has 0 spiro atoms. The van der Waals surface area contributed by atoms with Gasteiger partial charge in [0.25, 0.3) is 15.9 Å². The van der Waals surface area contributed by atoms with Crippen LogP contribution in [-0.2, 0) is 14.8 Å². The minimum Gasteiger partial charge on any atom is -0.318 e. The van der Waals surface area contributed by atoms with Gasteiger partial charge < -0.3 is 4.57 Å². The first-order chi connectivity index (χ1) is 18.1. The quantitative estimate of drug-likeness (QED) is 0.211. The normalized spacial score (nSPS) is 11.6. The van der Waals surface area contributed by atoms with E-state index in [1.807, 2.05) is 51.1 Å². The number of nitrogens with one attached hydrogen (secondary N) is 1. The number of carbonyl (C=O) groups is 1. The molecule has 0 fully saturated rings. The molecule has 4 aromatic rings. The van der Waals surface area contributed by atoms with Crippen LogP contribution in [0.2, 0.25) is 0 Å². The molecule has 10 heteroatoms. The summed E-state index contributed by atoms with van der Waals surface area (Å²) >= 11 is 3.44. The Balaban J connectivity index is 1.54. The lowest BCUT2D eigenvalue weighted by Crippen LogP contribution is -2.39. The number of hydrogen-bond acceptors (Lipinski definition) is 4. The molecule has 196 valence electrons. The average molecular weight is 598 g/mol. The van der Waals surface area contributed by atoms with Crippen LogP contribution >= 0.6 is 15.9 Å². The SMILES string of the molecule is Cc1ccc(S(=O)(=O)N(CC(=O)N/N=C\c2cc(C)n(-c3ccc(Br)cc3)c2C)c2ccc(F)cc2)cc1. The third kappa shape index (κ3) is 6.03. The van der Waals surface area contributed by atoms with E-state index in [-0.39, 0.29) is 10.6 Å². The third-order valence-electron chi connectivity index (χ3n) is 5.96. The summed E-state index contributed by atoms with van der Waals surface area (Å²) in [5.74, 6) is -1.17. The van der Waals surface area contributed by atoms with Crippen LogP contribution in [0.1, 0.15) is 22.5 Å². The van der Waals surface area contributed by atoms with Crippen molar-refractivity contribution in [2.24, 2.45) is 5.10 Å². The number of rotatable bonds is 8. The van der Waals surface area contributed by atoms with Gasteiger partial charge in [0.2, 0.25) is 0 Å². The molecule has 0 aliphatic heterocycles. The Morgan fingerprint density at radius 3 is 2.26 bits per heavy atom. The van der Waals surface area contributed by atoms with Gasteiger partial charge in [-0.2, -0.15) is 5.10 Å². The van der Waals surface area contributed by atoms with Crippen LogP contribution < -0.4 is 9.73 Å². The summed E-state index contributed by atoms with van der Waals surface area (Å²) in [6, 6.07) is 21.0. The minimum absolute atomic E-state index is 0.0177. The summed E-state index contributed by atoms with van der Waals surface area (Å²) in [4.78, 5) is 12.8. The zero-order valence-corrected chi connectivity index (χ0v) is 23.4. The largest absolute Gasteiger partial charge is 0.318 e. The highest BCUT2D eigenvalue weighted by Crippen LogP contribution is 2.24. The van der Waals surface area contributed by atoms with Crippen molar-refractivity contribution in [2.45, 2.75) is 25.7 Å². The Morgan fingerprint density at radius 2 is 1.63 bits per heavy atom. The Labute approximate surface area is 229 Å². The lowest BCUT2D eigenvalue weighted by atomic mass is 10.2. The highest BCUT2D eigenvalue weighted by molar-refractivity contribution is 9.10. The predicted molar refractivity (Wildman–Crippen MR) is 151 cm³/mol. The number of anilines is 1. The standard InChI is InChI=1S/C28H26BrFN4O3S/c1-19-4-14-27(15-5-19)38(36,37)33(25-12-8-24(30)9-13-25)18-28(35)32-31-17-22-16-20(2)34(21(22)3)26-10-6-23(29)7-11-26/h4-17H,18H2,1-3H3,(H,32,35)/b31-17-. The molecule has 3 aromatic carbocycles. The molecular weight excluding hydrogens is 571 g/mol. The van der Waals surface area contributed by atoms with Crippen molar-refractivity contribution < 1.29 is 17.6 Å². The molecule has 0 unspecified atom stereocenters. The number of aromatic nitrogens is 1. The average Bonchev–Trinajstić information content (AvgIpc) is 3.16. The maximum Gasteiger partial charge on any atom is 0.264 e. The molecule has 0 bridgehead atoms. The number of hydrazone groups is 1. The van der Waals surface area contributed by atoms with Gasteiger partial charge in [-0.05, 0) is 87.5 Å². The van der Waals surface area contributed by atoms with Crippen LogP contribution in [0.5, 0.6) is 0 Å². The molecule has 38 heavy (non-hydrogen) atoms. The van der Waals surface area contributed by atoms with E-state index in [1.54, 1.807) is 12.1 Å². The monoisotopic (exact) mass is 596 g/mol. The smallest absolute Gasteiger partial charge is 0.264 e. The van der Waals surface area contributed by atoms with E-state index in [4.69, 9.17) is 0 Å². The fraction of sp³-hybridized carbons (Fsp3) is 0.143. The second kappa shape index (κ2) is 11.3. The summed E-state index contributed by atoms with van der Waals surface area (Å²) in [6.07, 6.45) is 1.52. The number of halogens is 2. The summed E-state index contributed by atoms with van der Waals surface area (Å²) < 4.78 is 44.3. The van der Waals surface area contributed by atoms with Crippen LogP contribution in [-0.4, -0.2) is 31.7 Å². The molecule has 0 atom stereocenters. The third-order valence-corrected chi connectivity index (χ3v) is 8.28. The van der Waals surface area contributed by atoms with Gasteiger partial charge in [0, 0.05) is 27.1 Å². The first-order valence-electron chi connectivity index (χ1n) is 11.7. The van der Waals surface area contributed by atoms with Gasteiger partial charge >= 0.3 is 0 Å². The van der Waals surface area contributed by atoms with E-state index in [1.165, 1.54) is 30.5 Å². The second-order valence-corrected chi connectivity index (χ2v) is 11.5. The molecule has 0 aliphatic rings. The van der Waals surface area contributed by atoms with Crippen molar-refractivity contribution in [1.29, 1.82) is 0 Å². The number of benzene rings is 3. The Kier molecular flexibility index (Phi) is 8.13. The Morgan fingerprint density at radius 1 is 1.00 bits per heavy atom. The number of sulfonamides is 1. The molecular formula is C28H26BrFN4O3S. The fourth-order valence-electron chi connectivity index (χ4n) is 4.01. The number of nitrogens with zero attached hydrogens (tertiary/aromatic N) is 3. The summed E-state index contributed by atoms with van der Waals surface area (Å²) in [5, 5.41) is 4.06. The second-order valence-electron chi connectivity index (χ2n) is 8.73. The van der Waals surface area contributed by atoms with E-state index in [9.17, 15) is 17.6 Å². The summed E-state index contributed by atoms with van der Waals surface area (Å²) in [7, 11) is -4.11. The van der Waals surface area contributed by atoms with Gasteiger partial charge in [0.05, 0.1) is 16.8 Å². The molecule has 0 saturated carbocycles. The van der Waals surface area contributed by atoms with Crippen molar-refractivity contribution >= 4 is 43.8 Å². The highest BCUT2D eigenvalue weighted by atomic mass is 79.9. The van der Waals surface area contributed by atoms with Crippen molar-refractivity contribution in [3.05, 3.63) is 112 Å². The lowest BCUT2D eigenvalue weighted by Gasteiger charge is -2.23. The summed E-state index contributed by atoms with van der Waals surface area (Å²) in [6.45, 7) is 5.22. The topological polar surface area (TPSA) is 83.8 Å². The molecule has 1 aromatic heterocycles. The molecule has 0 saturated heterocycles. The van der Waals surface area contributed by atoms with E-state index in [0.29, 0.717) is 0 Å². The van der Waals surface area contributed by atoms with Gasteiger partial charge in [-0.25, -0.2) is 18.2 Å². The van der Waals surface area contributed by atoms with E-state index in [0.717, 1.165) is 49.1 Å². The molecule has 1 heterocycles. The van der Waals surface area contributed by atoms with Gasteiger partial charge in [0.15, 0.2) is 0 Å². The predicted octanol–water partition coefficient (Wildman–Crippen LogP) is 5.65. The van der Waals surface area contributed by atoms with Crippen molar-refractivity contribution in [1.82, 2.24) is 9.99 Å². The molecule has 0 radical (unpaired) electrons. The number of aryl methyl sites for hydroxylation is 2. The number of hydrogen-bond donors (Lipinski definition) is 1. The molecule has 7 nitrogen and oxygen atoms in total. The minimum atomic E-state index is -4.11. The van der Waals surface area contributed by atoms with Crippen LogP contribution in [0.3, 0.4) is 0 Å². The van der Waals surface area contributed by atoms with Crippen molar-refractivity contribution in [3.8, 4) is 5.69 Å². The zero-order valence-electron chi connectivity index (χ0n) is 21.0. The molecule has 4 rings (SSSR count).